The van der Waals surface area contributed by atoms with Crippen LogP contribution in [0.25, 0.3) is 6.20 Å². The molecule has 0 spiro atoms. The highest BCUT2D eigenvalue weighted by molar-refractivity contribution is 5.93. The third-order valence-electron chi connectivity index (χ3n) is 3.11. The fourth-order valence-electron chi connectivity index (χ4n) is 2.05. The summed E-state index contributed by atoms with van der Waals surface area (Å²) < 4.78 is 1.63. The number of para-hydroxylation sites is 1. The third-order valence-corrected chi connectivity index (χ3v) is 3.11. The van der Waals surface area contributed by atoms with Gasteiger partial charge in [0.25, 0.3) is 0 Å². The van der Waals surface area contributed by atoms with E-state index in [1.165, 1.54) is 17.3 Å². The zero-order valence-corrected chi connectivity index (χ0v) is 14.1. The van der Waals surface area contributed by atoms with Crippen LogP contribution in [0, 0.1) is 0 Å². The summed E-state index contributed by atoms with van der Waals surface area (Å²) in [5, 5.41) is 7.31. The number of amides is 1. The van der Waals surface area contributed by atoms with Crippen molar-refractivity contribution in [1.82, 2.24) is 25.3 Å². The van der Waals surface area contributed by atoms with Crippen molar-refractivity contribution in [2.75, 3.05) is 11.5 Å². The Hall–Kier alpha value is -3.20. The molecule has 0 fully saturated rings. The molecule has 0 bridgehead atoms. The maximum atomic E-state index is 12.7. The standard InChI is InChI=1S/C16H20N6O3/c1-4-12-25-17-10-11-20-15(23)22(19-18-20)16(24)21(13(2)3)14-8-6-5-7-9-14/h4-11,13,17H,1,12H2,2-3H3. The van der Waals surface area contributed by atoms with E-state index in [0.29, 0.717) is 17.0 Å². The molecule has 2 aromatic rings. The lowest BCUT2D eigenvalue weighted by Gasteiger charge is -2.25. The molecule has 1 aromatic heterocycles. The van der Waals surface area contributed by atoms with Crippen LogP contribution in [-0.2, 0) is 4.84 Å². The van der Waals surface area contributed by atoms with E-state index in [2.05, 4.69) is 22.5 Å². The van der Waals surface area contributed by atoms with Crippen LogP contribution in [0.5, 0.6) is 0 Å². The lowest BCUT2D eigenvalue weighted by atomic mass is 10.2. The summed E-state index contributed by atoms with van der Waals surface area (Å²) in [7, 11) is 0. The van der Waals surface area contributed by atoms with Gasteiger partial charge in [-0.3, -0.25) is 15.2 Å². The molecule has 0 radical (unpaired) electrons. The molecule has 25 heavy (non-hydrogen) atoms. The van der Waals surface area contributed by atoms with Gasteiger partial charge in [-0.2, -0.15) is 4.68 Å². The molecule has 0 saturated heterocycles. The molecule has 1 N–H and O–H groups in total. The Bertz CT molecular complexity index is 794. The Kier molecular flexibility index (Phi) is 6.24. The van der Waals surface area contributed by atoms with Crippen LogP contribution in [0.1, 0.15) is 13.8 Å². The topological polar surface area (TPSA) is 94.3 Å². The molecule has 0 unspecified atom stereocenters. The number of anilines is 1. The van der Waals surface area contributed by atoms with Crippen molar-refractivity contribution in [2.24, 2.45) is 0 Å². The lowest BCUT2D eigenvalue weighted by molar-refractivity contribution is 0.0961. The molecule has 1 heterocycles. The quantitative estimate of drug-likeness (QED) is 0.354. The number of hydroxylamine groups is 1. The maximum Gasteiger partial charge on any atom is 0.376 e. The van der Waals surface area contributed by atoms with Gasteiger partial charge in [-0.15, -0.1) is 11.3 Å². The molecule has 0 aliphatic heterocycles. The minimum absolute atomic E-state index is 0.170. The van der Waals surface area contributed by atoms with Crippen molar-refractivity contribution < 1.29 is 9.63 Å². The van der Waals surface area contributed by atoms with Crippen LogP contribution in [0.3, 0.4) is 0 Å². The maximum absolute atomic E-state index is 12.7. The summed E-state index contributed by atoms with van der Waals surface area (Å²) in [5.41, 5.74) is 2.46. The van der Waals surface area contributed by atoms with Crippen molar-refractivity contribution in [2.45, 2.75) is 19.9 Å². The van der Waals surface area contributed by atoms with Gasteiger partial charge < -0.3 is 0 Å². The Morgan fingerprint density at radius 1 is 1.36 bits per heavy atom. The fraction of sp³-hybridized carbons (Fsp3) is 0.250. The van der Waals surface area contributed by atoms with Gasteiger partial charge in [-0.1, -0.05) is 24.3 Å². The second-order valence-electron chi connectivity index (χ2n) is 5.23. The molecule has 132 valence electrons. The number of nitrogens with one attached hydrogen (secondary N) is 1. The number of aromatic nitrogens is 4. The van der Waals surface area contributed by atoms with Gasteiger partial charge in [0.15, 0.2) is 0 Å². The largest absolute Gasteiger partial charge is 0.376 e. The smallest absolute Gasteiger partial charge is 0.290 e. The van der Waals surface area contributed by atoms with E-state index in [1.54, 1.807) is 18.2 Å². The van der Waals surface area contributed by atoms with Gasteiger partial charge >= 0.3 is 11.7 Å². The molecule has 0 saturated carbocycles. The first-order valence-electron chi connectivity index (χ1n) is 7.64. The average molecular weight is 344 g/mol. The van der Waals surface area contributed by atoms with Gasteiger partial charge in [0, 0.05) is 17.9 Å². The highest BCUT2D eigenvalue weighted by atomic mass is 16.6. The molecular weight excluding hydrogens is 324 g/mol. The van der Waals surface area contributed by atoms with Crippen LogP contribution >= 0.6 is 0 Å². The molecule has 0 atom stereocenters. The number of tetrazole rings is 1. The van der Waals surface area contributed by atoms with Crippen molar-refractivity contribution >= 4 is 17.9 Å². The number of nitrogens with zero attached hydrogens (tertiary/aromatic N) is 5. The van der Waals surface area contributed by atoms with E-state index >= 15 is 0 Å². The zero-order chi connectivity index (χ0) is 18.2. The van der Waals surface area contributed by atoms with E-state index in [9.17, 15) is 9.59 Å². The second-order valence-corrected chi connectivity index (χ2v) is 5.23. The monoisotopic (exact) mass is 344 g/mol. The van der Waals surface area contributed by atoms with Crippen molar-refractivity contribution in [3.05, 3.63) is 59.7 Å². The summed E-state index contributed by atoms with van der Waals surface area (Å²) in [5.74, 6) is 0. The number of rotatable bonds is 7. The fourth-order valence-corrected chi connectivity index (χ4v) is 2.05. The van der Waals surface area contributed by atoms with Crippen LogP contribution < -0.4 is 16.1 Å². The molecule has 9 heteroatoms. The summed E-state index contributed by atoms with van der Waals surface area (Å²) in [4.78, 5) is 31.4. The highest BCUT2D eigenvalue weighted by Gasteiger charge is 2.24. The molecule has 1 aromatic carbocycles. The molecule has 2 rings (SSSR count). The number of benzene rings is 1. The molecule has 0 aliphatic rings. The van der Waals surface area contributed by atoms with E-state index < -0.39 is 11.7 Å². The average Bonchev–Trinajstić information content (AvgIpc) is 2.96. The van der Waals surface area contributed by atoms with Gasteiger partial charge in [0.05, 0.1) is 12.8 Å². The van der Waals surface area contributed by atoms with Crippen LogP contribution in [-0.4, -0.2) is 38.5 Å². The Morgan fingerprint density at radius 2 is 2.08 bits per heavy atom. The minimum Gasteiger partial charge on any atom is -0.290 e. The number of hydrogen-bond donors (Lipinski definition) is 1. The lowest BCUT2D eigenvalue weighted by Crippen LogP contribution is -2.44. The second kappa shape index (κ2) is 8.60. The predicted molar refractivity (Wildman–Crippen MR) is 93.7 cm³/mol. The van der Waals surface area contributed by atoms with Crippen molar-refractivity contribution in [1.29, 1.82) is 0 Å². The van der Waals surface area contributed by atoms with Crippen LogP contribution in [0.4, 0.5) is 10.5 Å². The SMILES string of the molecule is C=CCONC=Cn1nnn(C(=O)N(c2ccccc2)C(C)C)c1=O. The van der Waals surface area contributed by atoms with Gasteiger partial charge in [0.2, 0.25) is 0 Å². The minimum atomic E-state index is -0.687. The van der Waals surface area contributed by atoms with Crippen LogP contribution in [0.2, 0.25) is 0 Å². The van der Waals surface area contributed by atoms with E-state index in [1.807, 2.05) is 32.0 Å². The summed E-state index contributed by atoms with van der Waals surface area (Å²) in [6, 6.07) is 8.30. The van der Waals surface area contributed by atoms with Gasteiger partial charge in [-0.05, 0) is 36.4 Å². The summed E-state index contributed by atoms with van der Waals surface area (Å²) in [6.45, 7) is 7.49. The third kappa shape index (κ3) is 4.42. The van der Waals surface area contributed by atoms with Gasteiger partial charge in [-0.25, -0.2) is 9.59 Å². The van der Waals surface area contributed by atoms with E-state index in [-0.39, 0.29) is 6.04 Å². The zero-order valence-electron chi connectivity index (χ0n) is 14.1. The normalized spacial score (nSPS) is 11.0. The van der Waals surface area contributed by atoms with Crippen molar-refractivity contribution in [3.63, 3.8) is 0 Å². The molecule has 0 aliphatic carbocycles. The van der Waals surface area contributed by atoms with E-state index in [4.69, 9.17) is 4.84 Å². The first-order valence-corrected chi connectivity index (χ1v) is 7.64. The molecular formula is C16H20N6O3. The van der Waals surface area contributed by atoms with Crippen molar-refractivity contribution in [3.8, 4) is 0 Å². The number of carbonyl (C=O) groups excluding carboxylic acids is 1. The first kappa shape index (κ1) is 18.1. The summed E-state index contributed by atoms with van der Waals surface area (Å²) in [6.07, 6.45) is 4.21. The number of hydrogen-bond acceptors (Lipinski definition) is 6. The first-order chi connectivity index (χ1) is 12.1. The highest BCUT2D eigenvalue weighted by Crippen LogP contribution is 2.17. The summed E-state index contributed by atoms with van der Waals surface area (Å²) >= 11 is 0. The molecule has 1 amide bonds. The predicted octanol–water partition coefficient (Wildman–Crippen LogP) is 1.46. The van der Waals surface area contributed by atoms with Gasteiger partial charge in [0.1, 0.15) is 0 Å². The Labute approximate surface area is 144 Å². The number of carbonyl (C=O) groups is 1. The Balaban J connectivity index is 2.21. The van der Waals surface area contributed by atoms with Crippen LogP contribution in [0.15, 0.2) is 54.0 Å². The molecule has 9 nitrogen and oxygen atoms in total. The Morgan fingerprint density at radius 3 is 2.72 bits per heavy atom. The van der Waals surface area contributed by atoms with E-state index in [0.717, 1.165) is 4.68 Å².